The molecule has 3 aromatic rings. The minimum absolute atomic E-state index is 0.214. The SMILES string of the molecule is COCc1cc(C(=O)c2cncnc2NC2CC(O)C(COS(N)(=O)=O)C2)nn1Cc1cccc(Br)c1. The van der Waals surface area contributed by atoms with Crippen molar-refractivity contribution in [3.63, 3.8) is 0 Å². The molecule has 4 rings (SSSR count). The van der Waals surface area contributed by atoms with Gasteiger partial charge in [0.1, 0.15) is 17.8 Å². The number of aliphatic hydroxyl groups is 1. The second-order valence-electron chi connectivity index (χ2n) is 8.77. The Kier molecular flexibility index (Phi) is 8.67. The molecule has 1 saturated carbocycles. The molecule has 1 aliphatic rings. The summed E-state index contributed by atoms with van der Waals surface area (Å²) in [6.45, 7) is 0.488. The number of nitrogens with zero attached hydrogens (tertiary/aromatic N) is 4. The Bertz CT molecular complexity index is 1370. The first-order valence-corrected chi connectivity index (χ1v) is 13.7. The van der Waals surface area contributed by atoms with Crippen molar-refractivity contribution in [3.05, 3.63) is 69.8 Å². The maximum absolute atomic E-state index is 13.5. The van der Waals surface area contributed by atoms with E-state index < -0.39 is 22.3 Å². The number of aromatic nitrogens is 4. The maximum atomic E-state index is 13.5. The van der Waals surface area contributed by atoms with Gasteiger partial charge in [0.15, 0.2) is 0 Å². The van der Waals surface area contributed by atoms with Gasteiger partial charge in [-0.1, -0.05) is 28.1 Å². The summed E-state index contributed by atoms with van der Waals surface area (Å²) in [5.41, 5.74) is 2.16. The Labute approximate surface area is 222 Å². The summed E-state index contributed by atoms with van der Waals surface area (Å²) in [6.07, 6.45) is 2.64. The number of methoxy groups -OCH3 is 1. The Morgan fingerprint density at radius 2 is 2.14 bits per heavy atom. The van der Waals surface area contributed by atoms with Crippen molar-refractivity contribution in [2.24, 2.45) is 11.1 Å². The molecule has 3 atom stereocenters. The number of aliphatic hydroxyl groups excluding tert-OH is 1. The first kappa shape index (κ1) is 27.3. The summed E-state index contributed by atoms with van der Waals surface area (Å²) in [6, 6.07) is 9.21. The molecule has 37 heavy (non-hydrogen) atoms. The quantitative estimate of drug-likeness (QED) is 0.277. The summed E-state index contributed by atoms with van der Waals surface area (Å²) in [4.78, 5) is 21.7. The molecule has 14 heteroatoms. The lowest BCUT2D eigenvalue weighted by Gasteiger charge is -2.15. The topological polar surface area (TPSA) is 172 Å². The summed E-state index contributed by atoms with van der Waals surface area (Å²) in [7, 11) is -2.53. The van der Waals surface area contributed by atoms with E-state index in [-0.39, 0.29) is 36.3 Å². The number of ether oxygens (including phenoxy) is 1. The Morgan fingerprint density at radius 1 is 1.32 bits per heavy atom. The fraction of sp³-hybridized carbons (Fsp3) is 0.391. The number of hydrogen-bond acceptors (Lipinski definition) is 10. The molecule has 0 spiro atoms. The van der Waals surface area contributed by atoms with Crippen LogP contribution in [0, 0.1) is 5.92 Å². The summed E-state index contributed by atoms with van der Waals surface area (Å²) in [5.74, 6) is -0.525. The van der Waals surface area contributed by atoms with Gasteiger partial charge in [0, 0.05) is 29.7 Å². The molecule has 198 valence electrons. The van der Waals surface area contributed by atoms with Crippen LogP contribution in [-0.2, 0) is 32.4 Å². The van der Waals surface area contributed by atoms with E-state index in [1.54, 1.807) is 17.9 Å². The van der Waals surface area contributed by atoms with Crippen molar-refractivity contribution < 1.29 is 27.2 Å². The van der Waals surface area contributed by atoms with Crippen LogP contribution < -0.4 is 10.5 Å². The van der Waals surface area contributed by atoms with Gasteiger partial charge in [0.05, 0.1) is 37.1 Å². The van der Waals surface area contributed by atoms with Crippen LogP contribution in [0.1, 0.15) is 40.2 Å². The van der Waals surface area contributed by atoms with E-state index in [0.29, 0.717) is 25.2 Å². The number of carbonyl (C=O) groups excluding carboxylic acids is 1. The first-order valence-electron chi connectivity index (χ1n) is 11.4. The zero-order valence-corrected chi connectivity index (χ0v) is 22.4. The largest absolute Gasteiger partial charge is 0.393 e. The van der Waals surface area contributed by atoms with Gasteiger partial charge in [-0.3, -0.25) is 13.7 Å². The van der Waals surface area contributed by atoms with Gasteiger partial charge < -0.3 is 15.2 Å². The van der Waals surface area contributed by atoms with Crippen LogP contribution in [0.5, 0.6) is 0 Å². The predicted molar refractivity (Wildman–Crippen MR) is 137 cm³/mol. The van der Waals surface area contributed by atoms with Crippen molar-refractivity contribution in [1.29, 1.82) is 0 Å². The lowest BCUT2D eigenvalue weighted by Crippen LogP contribution is -2.24. The number of anilines is 1. The molecule has 0 aliphatic heterocycles. The van der Waals surface area contributed by atoms with Crippen LogP contribution in [0.2, 0.25) is 0 Å². The number of ketones is 1. The van der Waals surface area contributed by atoms with Crippen molar-refractivity contribution in [2.45, 2.75) is 38.1 Å². The molecule has 1 aromatic carbocycles. The third-order valence-electron chi connectivity index (χ3n) is 6.01. The van der Waals surface area contributed by atoms with Crippen LogP contribution in [0.4, 0.5) is 5.82 Å². The average Bonchev–Trinajstić information content (AvgIpc) is 3.40. The van der Waals surface area contributed by atoms with Gasteiger partial charge in [-0.25, -0.2) is 15.1 Å². The summed E-state index contributed by atoms with van der Waals surface area (Å²) < 4.78 is 34.8. The van der Waals surface area contributed by atoms with Gasteiger partial charge in [0.2, 0.25) is 5.78 Å². The zero-order valence-electron chi connectivity index (χ0n) is 19.9. The number of rotatable bonds is 11. The standard InChI is InChI=1S/C23H27BrN6O6S/c1-35-12-18-8-20(29-30(18)10-14-3-2-4-16(24)5-14)22(32)19-9-26-13-27-23(19)28-17-6-15(21(31)7-17)11-36-37(25,33)34/h2-5,8-9,13,15,17,21,31H,6-7,10-12H2,1H3,(H2,25,33,34)(H,26,27,28). The predicted octanol–water partition coefficient (Wildman–Crippen LogP) is 1.63. The van der Waals surface area contributed by atoms with Gasteiger partial charge in [-0.15, -0.1) is 0 Å². The fourth-order valence-electron chi connectivity index (χ4n) is 4.30. The number of benzene rings is 1. The van der Waals surface area contributed by atoms with E-state index >= 15 is 0 Å². The maximum Gasteiger partial charge on any atom is 0.333 e. The number of halogens is 1. The van der Waals surface area contributed by atoms with E-state index in [2.05, 4.69) is 40.5 Å². The van der Waals surface area contributed by atoms with Crippen LogP contribution in [-0.4, -0.2) is 64.9 Å². The molecule has 0 saturated heterocycles. The third-order valence-corrected chi connectivity index (χ3v) is 6.97. The third kappa shape index (κ3) is 7.18. The van der Waals surface area contributed by atoms with Gasteiger partial charge >= 0.3 is 10.3 Å². The summed E-state index contributed by atoms with van der Waals surface area (Å²) >= 11 is 3.47. The highest BCUT2D eigenvalue weighted by Crippen LogP contribution is 2.30. The first-order chi connectivity index (χ1) is 17.6. The second-order valence-corrected chi connectivity index (χ2v) is 10.9. The highest BCUT2D eigenvalue weighted by atomic mass is 79.9. The Morgan fingerprint density at radius 3 is 2.86 bits per heavy atom. The minimum Gasteiger partial charge on any atom is -0.393 e. The van der Waals surface area contributed by atoms with Crippen LogP contribution >= 0.6 is 15.9 Å². The van der Waals surface area contributed by atoms with Crippen molar-refractivity contribution in [1.82, 2.24) is 19.7 Å². The highest BCUT2D eigenvalue weighted by Gasteiger charge is 2.35. The second kappa shape index (κ2) is 11.8. The Balaban J connectivity index is 1.52. The molecule has 0 radical (unpaired) electrons. The normalized spacial score (nSPS) is 19.7. The fourth-order valence-corrected chi connectivity index (χ4v) is 5.11. The number of hydrogen-bond donors (Lipinski definition) is 3. The number of nitrogens with one attached hydrogen (secondary N) is 1. The van der Waals surface area contributed by atoms with Crippen molar-refractivity contribution >= 4 is 37.8 Å². The number of nitrogens with two attached hydrogens (primary N) is 1. The molecule has 0 amide bonds. The molecule has 0 bridgehead atoms. The van der Waals surface area contributed by atoms with Crippen molar-refractivity contribution in [3.8, 4) is 0 Å². The monoisotopic (exact) mass is 594 g/mol. The summed E-state index contributed by atoms with van der Waals surface area (Å²) in [5, 5.41) is 22.9. The van der Waals surface area contributed by atoms with Crippen molar-refractivity contribution in [2.75, 3.05) is 19.0 Å². The van der Waals surface area contributed by atoms with E-state index in [9.17, 15) is 18.3 Å². The highest BCUT2D eigenvalue weighted by molar-refractivity contribution is 9.10. The van der Waals surface area contributed by atoms with Crippen LogP contribution in [0.3, 0.4) is 0 Å². The van der Waals surface area contributed by atoms with E-state index in [0.717, 1.165) is 15.7 Å². The molecular weight excluding hydrogens is 568 g/mol. The average molecular weight is 595 g/mol. The number of carbonyl (C=O) groups is 1. The smallest absolute Gasteiger partial charge is 0.333 e. The lowest BCUT2D eigenvalue weighted by molar-refractivity contribution is 0.101. The zero-order chi connectivity index (χ0) is 26.6. The molecule has 1 aliphatic carbocycles. The van der Waals surface area contributed by atoms with Crippen LogP contribution in [0.15, 0.2) is 47.3 Å². The molecule has 1 fully saturated rings. The van der Waals surface area contributed by atoms with E-state index in [1.165, 1.54) is 12.5 Å². The molecule has 2 aromatic heterocycles. The molecule has 4 N–H and O–H groups in total. The van der Waals surface area contributed by atoms with E-state index in [1.807, 2.05) is 24.3 Å². The molecular formula is C23H27BrN6O6S. The molecule has 3 unspecified atom stereocenters. The lowest BCUT2D eigenvalue weighted by atomic mass is 10.1. The van der Waals surface area contributed by atoms with Gasteiger partial charge in [-0.05, 0) is 36.6 Å². The van der Waals surface area contributed by atoms with Gasteiger partial charge in [-0.2, -0.15) is 13.5 Å². The molecule has 2 heterocycles. The minimum atomic E-state index is -4.11. The van der Waals surface area contributed by atoms with Crippen LogP contribution in [0.25, 0.3) is 0 Å². The molecule has 12 nitrogen and oxygen atoms in total. The van der Waals surface area contributed by atoms with E-state index in [4.69, 9.17) is 9.88 Å². The van der Waals surface area contributed by atoms with Gasteiger partial charge in [0.25, 0.3) is 0 Å². The Hall–Kier alpha value is -2.75.